The van der Waals surface area contributed by atoms with Gasteiger partial charge in [0.15, 0.2) is 5.82 Å². The molecule has 0 bridgehead atoms. The molecule has 0 atom stereocenters. The molecular formula is C14H12F3N5. The number of hydrogen-bond acceptors (Lipinski definition) is 3. The lowest BCUT2D eigenvalue weighted by Gasteiger charge is -2.09. The Kier molecular flexibility index (Phi) is 3.44. The second-order valence-electron chi connectivity index (χ2n) is 4.77. The molecule has 3 rings (SSSR count). The SMILES string of the molecule is Cc1nc(-c2ccc(-n3ccnc3)cc2)n(CC(F)(F)F)n1. The summed E-state index contributed by atoms with van der Waals surface area (Å²) in [7, 11) is 0. The van der Waals surface area contributed by atoms with Gasteiger partial charge in [0, 0.05) is 23.6 Å². The maximum Gasteiger partial charge on any atom is 0.408 e. The molecule has 0 amide bonds. The summed E-state index contributed by atoms with van der Waals surface area (Å²) in [5.41, 5.74) is 1.44. The summed E-state index contributed by atoms with van der Waals surface area (Å²) in [6, 6.07) is 7.01. The van der Waals surface area contributed by atoms with Crippen LogP contribution in [0.1, 0.15) is 5.82 Å². The Hall–Kier alpha value is -2.64. The van der Waals surface area contributed by atoms with Crippen LogP contribution in [-0.4, -0.2) is 30.5 Å². The number of benzene rings is 1. The highest BCUT2D eigenvalue weighted by Gasteiger charge is 2.30. The van der Waals surface area contributed by atoms with Crippen LogP contribution >= 0.6 is 0 Å². The van der Waals surface area contributed by atoms with Crippen LogP contribution in [0.25, 0.3) is 17.1 Å². The standard InChI is InChI=1S/C14H12F3N5/c1-10-19-13(22(20-10)8-14(15,16)17)11-2-4-12(5-3-11)21-7-6-18-9-21/h2-7,9H,8H2,1H3. The average molecular weight is 307 g/mol. The monoisotopic (exact) mass is 307 g/mol. The van der Waals surface area contributed by atoms with Gasteiger partial charge in [-0.25, -0.2) is 14.6 Å². The van der Waals surface area contributed by atoms with E-state index < -0.39 is 12.7 Å². The van der Waals surface area contributed by atoms with Crippen molar-refractivity contribution >= 4 is 0 Å². The number of imidazole rings is 1. The van der Waals surface area contributed by atoms with Crippen LogP contribution < -0.4 is 0 Å². The molecule has 0 unspecified atom stereocenters. The molecule has 5 nitrogen and oxygen atoms in total. The smallest absolute Gasteiger partial charge is 0.306 e. The third kappa shape index (κ3) is 3.00. The van der Waals surface area contributed by atoms with Crippen molar-refractivity contribution in [3.8, 4) is 17.1 Å². The molecular weight excluding hydrogens is 295 g/mol. The number of hydrogen-bond donors (Lipinski definition) is 0. The van der Waals surface area contributed by atoms with Gasteiger partial charge in [-0.3, -0.25) is 0 Å². The van der Waals surface area contributed by atoms with Crippen molar-refractivity contribution in [1.29, 1.82) is 0 Å². The molecule has 0 aliphatic heterocycles. The molecule has 0 saturated carbocycles. The highest BCUT2D eigenvalue weighted by Crippen LogP contribution is 2.24. The van der Waals surface area contributed by atoms with Gasteiger partial charge in [0.05, 0.1) is 6.33 Å². The van der Waals surface area contributed by atoms with E-state index in [4.69, 9.17) is 0 Å². The Labute approximate surface area is 124 Å². The lowest BCUT2D eigenvalue weighted by atomic mass is 10.2. The predicted octanol–water partition coefficient (Wildman–Crippen LogP) is 3.00. The number of aryl methyl sites for hydroxylation is 1. The molecule has 1 aromatic carbocycles. The molecule has 0 radical (unpaired) electrons. The Morgan fingerprint density at radius 3 is 2.45 bits per heavy atom. The average Bonchev–Trinajstić information content (AvgIpc) is 3.07. The molecule has 0 aliphatic carbocycles. The van der Waals surface area contributed by atoms with Crippen molar-refractivity contribution in [2.24, 2.45) is 0 Å². The minimum atomic E-state index is -4.34. The fourth-order valence-corrected chi connectivity index (χ4v) is 2.14. The van der Waals surface area contributed by atoms with Crippen LogP contribution in [0.4, 0.5) is 13.2 Å². The topological polar surface area (TPSA) is 48.5 Å². The van der Waals surface area contributed by atoms with E-state index in [9.17, 15) is 13.2 Å². The zero-order valence-electron chi connectivity index (χ0n) is 11.6. The number of nitrogens with zero attached hydrogens (tertiary/aromatic N) is 5. The van der Waals surface area contributed by atoms with E-state index >= 15 is 0 Å². The lowest BCUT2D eigenvalue weighted by molar-refractivity contribution is -0.142. The fraction of sp³-hybridized carbons (Fsp3) is 0.214. The van der Waals surface area contributed by atoms with Crippen LogP contribution in [0, 0.1) is 6.92 Å². The predicted molar refractivity (Wildman–Crippen MR) is 73.4 cm³/mol. The highest BCUT2D eigenvalue weighted by atomic mass is 19.4. The lowest BCUT2D eigenvalue weighted by Crippen LogP contribution is -2.19. The van der Waals surface area contributed by atoms with Gasteiger partial charge in [0.1, 0.15) is 12.4 Å². The number of alkyl halides is 3. The van der Waals surface area contributed by atoms with Crippen LogP contribution in [0.15, 0.2) is 43.0 Å². The third-order valence-corrected chi connectivity index (χ3v) is 3.03. The van der Waals surface area contributed by atoms with Gasteiger partial charge in [0.2, 0.25) is 0 Å². The summed E-state index contributed by atoms with van der Waals surface area (Å²) < 4.78 is 40.5. The van der Waals surface area contributed by atoms with E-state index in [0.717, 1.165) is 10.4 Å². The van der Waals surface area contributed by atoms with Gasteiger partial charge in [-0.2, -0.15) is 18.3 Å². The summed E-state index contributed by atoms with van der Waals surface area (Å²) in [5.74, 6) is 0.505. The molecule has 0 aliphatic rings. The van der Waals surface area contributed by atoms with Gasteiger partial charge in [-0.05, 0) is 31.2 Å². The number of rotatable bonds is 3. The molecule has 3 aromatic rings. The first kappa shape index (κ1) is 14.3. The first-order valence-electron chi connectivity index (χ1n) is 6.49. The van der Waals surface area contributed by atoms with Crippen molar-refractivity contribution in [1.82, 2.24) is 24.3 Å². The van der Waals surface area contributed by atoms with Gasteiger partial charge in [0.25, 0.3) is 0 Å². The molecule has 2 heterocycles. The second-order valence-corrected chi connectivity index (χ2v) is 4.77. The second kappa shape index (κ2) is 5.28. The van der Waals surface area contributed by atoms with Crippen molar-refractivity contribution in [2.45, 2.75) is 19.6 Å². The van der Waals surface area contributed by atoms with Crippen molar-refractivity contribution in [2.75, 3.05) is 0 Å². The summed E-state index contributed by atoms with van der Waals surface area (Å²) >= 11 is 0. The minimum absolute atomic E-state index is 0.201. The van der Waals surface area contributed by atoms with Crippen LogP contribution in [0.3, 0.4) is 0 Å². The molecule has 0 spiro atoms. The van der Waals surface area contributed by atoms with Crippen LogP contribution in [0.2, 0.25) is 0 Å². The normalized spacial score (nSPS) is 11.8. The van der Waals surface area contributed by atoms with Crippen molar-refractivity contribution in [3.05, 3.63) is 48.8 Å². The molecule has 0 N–H and O–H groups in total. The summed E-state index contributed by atoms with van der Waals surface area (Å²) in [5, 5.41) is 3.82. The Morgan fingerprint density at radius 1 is 1.14 bits per heavy atom. The fourth-order valence-electron chi connectivity index (χ4n) is 2.14. The van der Waals surface area contributed by atoms with E-state index in [-0.39, 0.29) is 5.82 Å². The summed E-state index contributed by atoms with van der Waals surface area (Å²) in [6.07, 6.45) is 0.736. The van der Waals surface area contributed by atoms with Crippen LogP contribution in [-0.2, 0) is 6.54 Å². The van der Waals surface area contributed by atoms with E-state index in [1.54, 1.807) is 54.5 Å². The largest absolute Gasteiger partial charge is 0.408 e. The number of aromatic nitrogens is 5. The molecule has 0 saturated heterocycles. The molecule has 8 heteroatoms. The van der Waals surface area contributed by atoms with Gasteiger partial charge in [-0.15, -0.1) is 0 Å². The Bertz CT molecular complexity index is 757. The van der Waals surface area contributed by atoms with Crippen LogP contribution in [0.5, 0.6) is 0 Å². The van der Waals surface area contributed by atoms with Gasteiger partial charge < -0.3 is 4.57 Å². The number of halogens is 3. The van der Waals surface area contributed by atoms with Crippen molar-refractivity contribution < 1.29 is 13.2 Å². The molecule has 2 aromatic heterocycles. The maximum absolute atomic E-state index is 12.6. The Balaban J connectivity index is 1.94. The summed E-state index contributed by atoms with van der Waals surface area (Å²) in [4.78, 5) is 8.04. The zero-order chi connectivity index (χ0) is 15.7. The molecule has 114 valence electrons. The highest BCUT2D eigenvalue weighted by molar-refractivity contribution is 5.57. The maximum atomic E-state index is 12.6. The quantitative estimate of drug-likeness (QED) is 0.747. The first-order valence-corrected chi connectivity index (χ1v) is 6.49. The van der Waals surface area contributed by atoms with E-state index in [0.29, 0.717) is 11.4 Å². The minimum Gasteiger partial charge on any atom is -0.306 e. The first-order chi connectivity index (χ1) is 10.4. The summed E-state index contributed by atoms with van der Waals surface area (Å²) in [6.45, 7) is 0.405. The van der Waals surface area contributed by atoms with Gasteiger partial charge >= 0.3 is 6.18 Å². The third-order valence-electron chi connectivity index (χ3n) is 3.03. The van der Waals surface area contributed by atoms with E-state index in [1.165, 1.54) is 0 Å². The van der Waals surface area contributed by atoms with E-state index in [2.05, 4.69) is 15.1 Å². The molecule has 0 fully saturated rings. The Morgan fingerprint density at radius 2 is 1.86 bits per heavy atom. The van der Waals surface area contributed by atoms with Crippen molar-refractivity contribution in [3.63, 3.8) is 0 Å². The van der Waals surface area contributed by atoms with Gasteiger partial charge in [-0.1, -0.05) is 0 Å². The van der Waals surface area contributed by atoms with E-state index in [1.807, 2.05) is 0 Å². The molecule has 22 heavy (non-hydrogen) atoms. The zero-order valence-corrected chi connectivity index (χ0v) is 11.6.